The van der Waals surface area contributed by atoms with E-state index < -0.39 is 0 Å². The molecule has 2 aromatic rings. The number of hydrogen-bond acceptors (Lipinski definition) is 2. The fourth-order valence-corrected chi connectivity index (χ4v) is 2.57. The summed E-state index contributed by atoms with van der Waals surface area (Å²) in [7, 11) is 0. The molecule has 1 saturated heterocycles. The van der Waals surface area contributed by atoms with Gasteiger partial charge in [-0.25, -0.2) is 4.39 Å². The predicted octanol–water partition coefficient (Wildman–Crippen LogP) is 3.40. The van der Waals surface area contributed by atoms with Gasteiger partial charge in [0.2, 0.25) is 0 Å². The van der Waals surface area contributed by atoms with Crippen LogP contribution in [0.5, 0.6) is 0 Å². The summed E-state index contributed by atoms with van der Waals surface area (Å²) in [4.78, 5) is 14.2. The third-order valence-electron chi connectivity index (χ3n) is 3.46. The molecule has 4 heteroatoms. The number of carbonyl (C=O) groups is 1. The number of benzene rings is 1. The van der Waals surface area contributed by atoms with Crippen molar-refractivity contribution in [3.05, 3.63) is 59.8 Å². The Balaban J connectivity index is 1.87. The van der Waals surface area contributed by atoms with E-state index in [1.165, 1.54) is 12.1 Å². The molecular formula is C15H14FNO2. The first kappa shape index (κ1) is 12.0. The van der Waals surface area contributed by atoms with Crippen LogP contribution >= 0.6 is 0 Å². The number of furan rings is 1. The molecule has 0 spiro atoms. The molecule has 3 nitrogen and oxygen atoms in total. The van der Waals surface area contributed by atoms with Crippen molar-refractivity contribution >= 4 is 5.91 Å². The number of amides is 1. The number of rotatable bonds is 2. The van der Waals surface area contributed by atoms with Crippen molar-refractivity contribution in [2.45, 2.75) is 18.9 Å². The van der Waals surface area contributed by atoms with Crippen molar-refractivity contribution in [1.82, 2.24) is 4.90 Å². The van der Waals surface area contributed by atoms with Crippen molar-refractivity contribution in [2.24, 2.45) is 0 Å². The zero-order valence-electron chi connectivity index (χ0n) is 10.4. The smallest absolute Gasteiger partial charge is 0.254 e. The Hall–Kier alpha value is -2.10. The third-order valence-corrected chi connectivity index (χ3v) is 3.46. The summed E-state index contributed by atoms with van der Waals surface area (Å²) >= 11 is 0. The number of halogens is 1. The minimum absolute atomic E-state index is 0.0363. The van der Waals surface area contributed by atoms with Gasteiger partial charge >= 0.3 is 0 Å². The predicted molar refractivity (Wildman–Crippen MR) is 68.1 cm³/mol. The second-order valence-electron chi connectivity index (χ2n) is 4.68. The summed E-state index contributed by atoms with van der Waals surface area (Å²) in [6.07, 6.45) is 3.43. The van der Waals surface area contributed by atoms with E-state index in [1.807, 2.05) is 12.1 Å². The van der Waals surface area contributed by atoms with Gasteiger partial charge in [0.1, 0.15) is 11.6 Å². The second-order valence-corrected chi connectivity index (χ2v) is 4.68. The Morgan fingerprint density at radius 1 is 1.32 bits per heavy atom. The van der Waals surface area contributed by atoms with Gasteiger partial charge in [0.25, 0.3) is 5.91 Å². The maximum Gasteiger partial charge on any atom is 0.254 e. The highest BCUT2D eigenvalue weighted by atomic mass is 19.1. The molecule has 0 bridgehead atoms. The van der Waals surface area contributed by atoms with Crippen LogP contribution in [-0.2, 0) is 0 Å². The lowest BCUT2D eigenvalue weighted by Gasteiger charge is -2.23. The third kappa shape index (κ3) is 2.26. The topological polar surface area (TPSA) is 33.5 Å². The zero-order chi connectivity index (χ0) is 13.2. The lowest BCUT2D eigenvalue weighted by Crippen LogP contribution is -2.30. The van der Waals surface area contributed by atoms with Gasteiger partial charge in [-0.05, 0) is 43.2 Å². The maximum absolute atomic E-state index is 13.2. The lowest BCUT2D eigenvalue weighted by atomic mass is 10.1. The molecule has 3 rings (SSSR count). The summed E-state index contributed by atoms with van der Waals surface area (Å²) in [6.45, 7) is 0.681. The van der Waals surface area contributed by atoms with Crippen molar-refractivity contribution in [3.8, 4) is 0 Å². The van der Waals surface area contributed by atoms with Crippen LogP contribution in [0.4, 0.5) is 4.39 Å². The van der Waals surface area contributed by atoms with Gasteiger partial charge in [-0.15, -0.1) is 0 Å². The minimum atomic E-state index is -0.389. The van der Waals surface area contributed by atoms with E-state index in [9.17, 15) is 9.18 Å². The fourth-order valence-electron chi connectivity index (χ4n) is 2.57. The lowest BCUT2D eigenvalue weighted by molar-refractivity contribution is 0.0719. The highest BCUT2D eigenvalue weighted by molar-refractivity contribution is 5.94. The summed E-state index contributed by atoms with van der Waals surface area (Å²) < 4.78 is 18.6. The molecule has 1 fully saturated rings. The molecular weight excluding hydrogens is 245 g/mol. The molecule has 1 amide bonds. The Bertz CT molecular complexity index is 580. The molecule has 0 N–H and O–H groups in total. The molecule has 1 unspecified atom stereocenters. The Morgan fingerprint density at radius 2 is 2.21 bits per heavy atom. The molecule has 1 aliphatic rings. The van der Waals surface area contributed by atoms with Crippen LogP contribution in [0.2, 0.25) is 0 Å². The van der Waals surface area contributed by atoms with Crippen LogP contribution in [0.15, 0.2) is 47.1 Å². The average molecular weight is 259 g/mol. The van der Waals surface area contributed by atoms with Crippen LogP contribution in [0, 0.1) is 5.82 Å². The first-order chi connectivity index (χ1) is 9.25. The number of likely N-dealkylation sites (tertiary alicyclic amines) is 1. The van der Waals surface area contributed by atoms with Crippen molar-refractivity contribution < 1.29 is 13.6 Å². The first-order valence-electron chi connectivity index (χ1n) is 6.35. The van der Waals surface area contributed by atoms with E-state index in [-0.39, 0.29) is 17.8 Å². The molecule has 0 aliphatic carbocycles. The van der Waals surface area contributed by atoms with Gasteiger partial charge in [0.05, 0.1) is 12.3 Å². The summed E-state index contributed by atoms with van der Waals surface area (Å²) in [5.41, 5.74) is 0.387. The quantitative estimate of drug-likeness (QED) is 0.828. The summed E-state index contributed by atoms with van der Waals surface area (Å²) in [5, 5.41) is 0. The Morgan fingerprint density at radius 3 is 2.95 bits per heavy atom. The molecule has 1 atom stereocenters. The van der Waals surface area contributed by atoms with E-state index in [0.717, 1.165) is 18.6 Å². The zero-order valence-corrected chi connectivity index (χ0v) is 10.4. The molecule has 1 aromatic heterocycles. The van der Waals surface area contributed by atoms with Crippen LogP contribution in [0.1, 0.15) is 35.0 Å². The summed E-state index contributed by atoms with van der Waals surface area (Å²) in [6, 6.07) is 9.47. The van der Waals surface area contributed by atoms with Gasteiger partial charge in [0, 0.05) is 12.1 Å². The van der Waals surface area contributed by atoms with E-state index in [0.29, 0.717) is 12.1 Å². The van der Waals surface area contributed by atoms with Crippen LogP contribution in [0.3, 0.4) is 0 Å². The normalized spacial score (nSPS) is 18.8. The SMILES string of the molecule is O=C(c1cccc(F)c1)N1CCCC1c1ccco1. The van der Waals surface area contributed by atoms with E-state index in [4.69, 9.17) is 4.42 Å². The Kier molecular flexibility index (Phi) is 3.07. The molecule has 1 aromatic carbocycles. The molecule has 0 saturated carbocycles. The maximum atomic E-state index is 13.2. The van der Waals surface area contributed by atoms with Gasteiger partial charge in [-0.2, -0.15) is 0 Å². The molecule has 2 heterocycles. The molecule has 19 heavy (non-hydrogen) atoms. The van der Waals surface area contributed by atoms with Gasteiger partial charge < -0.3 is 9.32 Å². The van der Waals surface area contributed by atoms with Crippen LogP contribution in [-0.4, -0.2) is 17.4 Å². The molecule has 1 aliphatic heterocycles. The van der Waals surface area contributed by atoms with Crippen LogP contribution < -0.4 is 0 Å². The van der Waals surface area contributed by atoms with E-state index in [1.54, 1.807) is 23.3 Å². The highest BCUT2D eigenvalue weighted by Crippen LogP contribution is 2.33. The Labute approximate surface area is 110 Å². The number of hydrogen-bond donors (Lipinski definition) is 0. The number of carbonyl (C=O) groups excluding carboxylic acids is 1. The monoisotopic (exact) mass is 259 g/mol. The first-order valence-corrected chi connectivity index (χ1v) is 6.35. The molecule has 0 radical (unpaired) electrons. The van der Waals surface area contributed by atoms with Crippen LogP contribution in [0.25, 0.3) is 0 Å². The standard InChI is InChI=1S/C15H14FNO2/c16-12-5-1-4-11(10-12)15(18)17-8-2-6-13(17)14-7-3-9-19-14/h1,3-5,7,9-10,13H,2,6,8H2. The van der Waals surface area contributed by atoms with E-state index in [2.05, 4.69) is 0 Å². The summed E-state index contributed by atoms with van der Waals surface area (Å²) in [5.74, 6) is 0.264. The highest BCUT2D eigenvalue weighted by Gasteiger charge is 2.32. The number of nitrogens with zero attached hydrogens (tertiary/aromatic N) is 1. The second kappa shape index (κ2) is 4.88. The largest absolute Gasteiger partial charge is 0.467 e. The van der Waals surface area contributed by atoms with Gasteiger partial charge in [0.15, 0.2) is 0 Å². The fraction of sp³-hybridized carbons (Fsp3) is 0.267. The average Bonchev–Trinajstić information content (AvgIpc) is 3.08. The van der Waals surface area contributed by atoms with Crippen molar-refractivity contribution in [1.29, 1.82) is 0 Å². The van der Waals surface area contributed by atoms with Crippen molar-refractivity contribution in [3.63, 3.8) is 0 Å². The van der Waals surface area contributed by atoms with Gasteiger partial charge in [-0.1, -0.05) is 6.07 Å². The minimum Gasteiger partial charge on any atom is -0.467 e. The van der Waals surface area contributed by atoms with E-state index >= 15 is 0 Å². The van der Waals surface area contributed by atoms with Crippen molar-refractivity contribution in [2.75, 3.05) is 6.54 Å². The molecule has 98 valence electrons. The van der Waals surface area contributed by atoms with Gasteiger partial charge in [-0.3, -0.25) is 4.79 Å².